The molecule has 84 valence electrons. The summed E-state index contributed by atoms with van der Waals surface area (Å²) in [4.78, 5) is 6.05. The molecule has 2 nitrogen and oxygen atoms in total. The van der Waals surface area contributed by atoms with Gasteiger partial charge in [0, 0.05) is 27.7 Å². The smallest absolute Gasteiger partial charge is 0.214 e. The minimum absolute atomic E-state index is 0.181. The molecule has 2 aromatic heterocycles. The Kier molecular flexibility index (Phi) is 3.19. The van der Waals surface area contributed by atoms with Gasteiger partial charge < -0.3 is 5.32 Å². The quantitative estimate of drug-likeness (QED) is 0.821. The zero-order valence-electron chi connectivity index (χ0n) is 9.20. The van der Waals surface area contributed by atoms with Crippen molar-refractivity contribution < 1.29 is 4.39 Å². The SMILES string of the molecule is Cc1ccc(C(C)Nc2ccnc(F)c2)s1. The second-order valence-corrected chi connectivity index (χ2v) is 5.00. The second-order valence-electron chi connectivity index (χ2n) is 3.68. The molecule has 0 fully saturated rings. The van der Waals surface area contributed by atoms with E-state index in [-0.39, 0.29) is 6.04 Å². The zero-order valence-corrected chi connectivity index (χ0v) is 10.0. The first-order valence-electron chi connectivity index (χ1n) is 5.09. The summed E-state index contributed by atoms with van der Waals surface area (Å²) in [6.45, 7) is 4.14. The molecule has 2 rings (SSSR count). The first kappa shape index (κ1) is 11.1. The molecular weight excluding hydrogens is 223 g/mol. The van der Waals surface area contributed by atoms with Crippen molar-refractivity contribution in [2.24, 2.45) is 0 Å². The average Bonchev–Trinajstić information content (AvgIpc) is 2.65. The Morgan fingerprint density at radius 2 is 2.19 bits per heavy atom. The highest BCUT2D eigenvalue weighted by molar-refractivity contribution is 7.12. The monoisotopic (exact) mass is 236 g/mol. The van der Waals surface area contributed by atoms with E-state index in [1.165, 1.54) is 22.0 Å². The number of hydrogen-bond donors (Lipinski definition) is 1. The lowest BCUT2D eigenvalue weighted by atomic mass is 10.2. The Morgan fingerprint density at radius 1 is 1.38 bits per heavy atom. The van der Waals surface area contributed by atoms with Crippen LogP contribution in [0.15, 0.2) is 30.5 Å². The number of pyridine rings is 1. The van der Waals surface area contributed by atoms with Crippen molar-refractivity contribution in [2.45, 2.75) is 19.9 Å². The number of nitrogens with zero attached hydrogens (tertiary/aromatic N) is 1. The third kappa shape index (κ3) is 2.58. The number of thiophene rings is 1. The number of nitrogens with one attached hydrogen (secondary N) is 1. The predicted molar refractivity (Wildman–Crippen MR) is 65.3 cm³/mol. The largest absolute Gasteiger partial charge is 0.378 e. The Bertz CT molecular complexity index is 481. The Hall–Kier alpha value is -1.42. The van der Waals surface area contributed by atoms with Crippen LogP contribution in [-0.2, 0) is 0 Å². The van der Waals surface area contributed by atoms with E-state index in [0.717, 1.165) is 5.69 Å². The van der Waals surface area contributed by atoms with Crippen LogP contribution >= 0.6 is 11.3 Å². The molecule has 0 spiro atoms. The van der Waals surface area contributed by atoms with E-state index in [1.54, 1.807) is 17.4 Å². The first-order chi connectivity index (χ1) is 7.65. The van der Waals surface area contributed by atoms with E-state index in [9.17, 15) is 4.39 Å². The number of halogens is 1. The lowest BCUT2D eigenvalue weighted by Gasteiger charge is -2.13. The highest BCUT2D eigenvalue weighted by Crippen LogP contribution is 2.25. The van der Waals surface area contributed by atoms with Gasteiger partial charge in [-0.2, -0.15) is 4.39 Å². The lowest BCUT2D eigenvalue weighted by Crippen LogP contribution is -2.05. The highest BCUT2D eigenvalue weighted by Gasteiger charge is 2.07. The summed E-state index contributed by atoms with van der Waals surface area (Å²) in [6, 6.07) is 7.53. The maximum Gasteiger partial charge on any atom is 0.214 e. The van der Waals surface area contributed by atoms with Gasteiger partial charge in [-0.3, -0.25) is 0 Å². The van der Waals surface area contributed by atoms with Gasteiger partial charge in [0.15, 0.2) is 0 Å². The van der Waals surface area contributed by atoms with E-state index in [1.807, 2.05) is 0 Å². The average molecular weight is 236 g/mol. The fraction of sp³-hybridized carbons (Fsp3) is 0.250. The Labute approximate surface area is 98.2 Å². The van der Waals surface area contributed by atoms with Crippen LogP contribution in [0.5, 0.6) is 0 Å². The number of aromatic nitrogens is 1. The van der Waals surface area contributed by atoms with Gasteiger partial charge in [0.2, 0.25) is 5.95 Å². The standard InChI is InChI=1S/C12H13FN2S/c1-8-3-4-11(16-8)9(2)15-10-5-6-14-12(13)7-10/h3-7,9H,1-2H3,(H,14,15). The van der Waals surface area contributed by atoms with Crippen LogP contribution in [0.1, 0.15) is 22.7 Å². The van der Waals surface area contributed by atoms with Gasteiger partial charge in [-0.1, -0.05) is 0 Å². The van der Waals surface area contributed by atoms with Crippen molar-refractivity contribution in [2.75, 3.05) is 5.32 Å². The van der Waals surface area contributed by atoms with Gasteiger partial charge in [-0.15, -0.1) is 11.3 Å². The molecule has 0 amide bonds. The molecular formula is C12H13FN2S. The van der Waals surface area contributed by atoms with Crippen LogP contribution in [-0.4, -0.2) is 4.98 Å². The Balaban J connectivity index is 2.10. The minimum atomic E-state index is -0.459. The van der Waals surface area contributed by atoms with Crippen LogP contribution in [0.25, 0.3) is 0 Å². The van der Waals surface area contributed by atoms with Crippen molar-refractivity contribution in [3.8, 4) is 0 Å². The minimum Gasteiger partial charge on any atom is -0.378 e. The summed E-state index contributed by atoms with van der Waals surface area (Å²) in [6.07, 6.45) is 1.46. The topological polar surface area (TPSA) is 24.9 Å². The molecule has 2 heterocycles. The van der Waals surface area contributed by atoms with E-state index in [4.69, 9.17) is 0 Å². The summed E-state index contributed by atoms with van der Waals surface area (Å²) >= 11 is 1.75. The van der Waals surface area contributed by atoms with E-state index in [2.05, 4.69) is 36.3 Å². The molecule has 1 N–H and O–H groups in total. The van der Waals surface area contributed by atoms with Crippen LogP contribution in [0.2, 0.25) is 0 Å². The molecule has 0 radical (unpaired) electrons. The van der Waals surface area contributed by atoms with Crippen LogP contribution < -0.4 is 5.32 Å². The van der Waals surface area contributed by atoms with Crippen molar-refractivity contribution in [1.29, 1.82) is 0 Å². The van der Waals surface area contributed by atoms with Crippen LogP contribution in [0, 0.1) is 12.9 Å². The van der Waals surface area contributed by atoms with Gasteiger partial charge in [0.1, 0.15) is 0 Å². The van der Waals surface area contributed by atoms with Crippen molar-refractivity contribution in [1.82, 2.24) is 4.98 Å². The third-order valence-corrected chi connectivity index (χ3v) is 3.48. The second kappa shape index (κ2) is 4.61. The molecule has 0 saturated heterocycles. The number of rotatable bonds is 3. The number of aryl methyl sites for hydroxylation is 1. The van der Waals surface area contributed by atoms with Crippen molar-refractivity contribution in [3.05, 3.63) is 46.2 Å². The normalized spacial score (nSPS) is 12.4. The molecule has 0 aliphatic rings. The fourth-order valence-electron chi connectivity index (χ4n) is 1.50. The fourth-order valence-corrected chi connectivity index (χ4v) is 2.38. The van der Waals surface area contributed by atoms with Crippen molar-refractivity contribution >= 4 is 17.0 Å². The summed E-state index contributed by atoms with van der Waals surface area (Å²) < 4.78 is 12.9. The highest BCUT2D eigenvalue weighted by atomic mass is 32.1. The molecule has 1 unspecified atom stereocenters. The maximum absolute atomic E-state index is 12.9. The number of anilines is 1. The maximum atomic E-state index is 12.9. The molecule has 0 aliphatic heterocycles. The van der Waals surface area contributed by atoms with Crippen molar-refractivity contribution in [3.63, 3.8) is 0 Å². The van der Waals surface area contributed by atoms with Gasteiger partial charge >= 0.3 is 0 Å². The molecule has 0 aliphatic carbocycles. The van der Waals surface area contributed by atoms with E-state index in [0.29, 0.717) is 0 Å². The number of hydrogen-bond acceptors (Lipinski definition) is 3. The van der Waals surface area contributed by atoms with Gasteiger partial charge in [0.05, 0.1) is 6.04 Å². The molecule has 16 heavy (non-hydrogen) atoms. The molecule has 2 aromatic rings. The van der Waals surface area contributed by atoms with Crippen LogP contribution in [0.4, 0.5) is 10.1 Å². The molecule has 0 saturated carbocycles. The molecule has 4 heteroatoms. The lowest BCUT2D eigenvalue weighted by molar-refractivity contribution is 0.584. The van der Waals surface area contributed by atoms with E-state index >= 15 is 0 Å². The van der Waals surface area contributed by atoms with Gasteiger partial charge in [0.25, 0.3) is 0 Å². The first-order valence-corrected chi connectivity index (χ1v) is 5.91. The van der Waals surface area contributed by atoms with Gasteiger partial charge in [-0.25, -0.2) is 4.98 Å². The summed E-state index contributed by atoms with van der Waals surface area (Å²) in [5, 5.41) is 3.24. The predicted octanol–water partition coefficient (Wildman–Crippen LogP) is 3.76. The summed E-state index contributed by atoms with van der Waals surface area (Å²) in [5.74, 6) is -0.459. The summed E-state index contributed by atoms with van der Waals surface area (Å²) in [5.41, 5.74) is 0.756. The van der Waals surface area contributed by atoms with Crippen LogP contribution in [0.3, 0.4) is 0 Å². The molecule has 0 aromatic carbocycles. The Morgan fingerprint density at radius 3 is 2.81 bits per heavy atom. The van der Waals surface area contributed by atoms with Gasteiger partial charge in [-0.05, 0) is 32.0 Å². The van der Waals surface area contributed by atoms with E-state index < -0.39 is 5.95 Å². The molecule has 0 bridgehead atoms. The zero-order chi connectivity index (χ0) is 11.5. The third-order valence-electron chi connectivity index (χ3n) is 2.30. The summed E-state index contributed by atoms with van der Waals surface area (Å²) in [7, 11) is 0. The molecule has 1 atom stereocenters.